The van der Waals surface area contributed by atoms with E-state index in [-0.39, 0.29) is 24.1 Å². The van der Waals surface area contributed by atoms with Crippen LogP contribution in [-0.2, 0) is 16.1 Å². The molecule has 1 aromatic heterocycles. The van der Waals surface area contributed by atoms with E-state index in [4.69, 9.17) is 4.74 Å². The van der Waals surface area contributed by atoms with Crippen LogP contribution in [0.5, 0.6) is 0 Å². The van der Waals surface area contributed by atoms with Gasteiger partial charge in [0.25, 0.3) is 0 Å². The summed E-state index contributed by atoms with van der Waals surface area (Å²) in [5, 5.41) is 3.18. The first-order chi connectivity index (χ1) is 10.6. The summed E-state index contributed by atoms with van der Waals surface area (Å²) in [4.78, 5) is 18.9. The fourth-order valence-corrected chi connectivity index (χ4v) is 3.09. The Labute approximate surface area is 132 Å². The minimum Gasteiger partial charge on any atom is -0.368 e. The van der Waals surface area contributed by atoms with Gasteiger partial charge in [-0.05, 0) is 40.3 Å². The summed E-state index contributed by atoms with van der Waals surface area (Å²) in [7, 11) is 3.87. The Bertz CT molecular complexity index is 486. The first-order valence-electron chi connectivity index (χ1n) is 8.17. The summed E-state index contributed by atoms with van der Waals surface area (Å²) < 4.78 is 8.02. The maximum absolute atomic E-state index is 12.5. The Balaban J connectivity index is 2.12. The molecule has 0 aliphatic carbocycles. The van der Waals surface area contributed by atoms with Crippen molar-refractivity contribution in [1.29, 1.82) is 0 Å². The number of ether oxygens (including phenoxy) is 1. The number of rotatable bonds is 6. The number of hydrogen-bond donors (Lipinski definition) is 1. The zero-order valence-electron chi connectivity index (χ0n) is 14.1. The molecule has 0 bridgehead atoms. The van der Waals surface area contributed by atoms with Gasteiger partial charge in [0.2, 0.25) is 5.91 Å². The van der Waals surface area contributed by atoms with Crippen LogP contribution in [0, 0.1) is 0 Å². The van der Waals surface area contributed by atoms with Crippen molar-refractivity contribution in [2.45, 2.75) is 57.8 Å². The summed E-state index contributed by atoms with van der Waals surface area (Å²) in [5.74, 6) is 0.980. The predicted molar refractivity (Wildman–Crippen MR) is 85.5 cm³/mol. The minimum atomic E-state index is -0.160. The van der Waals surface area contributed by atoms with Gasteiger partial charge in [-0.25, -0.2) is 4.98 Å². The molecule has 0 radical (unpaired) electrons. The van der Waals surface area contributed by atoms with Gasteiger partial charge in [-0.15, -0.1) is 0 Å². The second-order valence-electron chi connectivity index (χ2n) is 6.01. The molecule has 1 amide bonds. The van der Waals surface area contributed by atoms with Crippen molar-refractivity contribution in [1.82, 2.24) is 19.8 Å². The highest BCUT2D eigenvalue weighted by Crippen LogP contribution is 2.27. The van der Waals surface area contributed by atoms with Crippen LogP contribution in [-0.4, -0.2) is 53.1 Å². The summed E-state index contributed by atoms with van der Waals surface area (Å²) in [6, 6.07) is -0.114. The molecule has 1 aliphatic rings. The topological polar surface area (TPSA) is 59.4 Å². The second-order valence-corrected chi connectivity index (χ2v) is 6.01. The highest BCUT2D eigenvalue weighted by Gasteiger charge is 2.33. The van der Waals surface area contributed by atoms with Crippen LogP contribution in [0.25, 0.3) is 0 Å². The molecule has 1 unspecified atom stereocenters. The number of nitrogens with zero attached hydrogens (tertiary/aromatic N) is 3. The summed E-state index contributed by atoms with van der Waals surface area (Å²) in [5.41, 5.74) is 0. The molecule has 1 aromatic rings. The Morgan fingerprint density at radius 1 is 1.55 bits per heavy atom. The highest BCUT2D eigenvalue weighted by atomic mass is 16.5. The van der Waals surface area contributed by atoms with E-state index >= 15 is 0 Å². The number of aryl methyl sites for hydroxylation is 1. The maximum Gasteiger partial charge on any atom is 0.237 e. The average molecular weight is 308 g/mol. The van der Waals surface area contributed by atoms with Gasteiger partial charge in [-0.1, -0.05) is 6.92 Å². The van der Waals surface area contributed by atoms with E-state index in [0.29, 0.717) is 0 Å². The Morgan fingerprint density at radius 3 is 2.95 bits per heavy atom. The molecule has 6 nitrogen and oxygen atoms in total. The summed E-state index contributed by atoms with van der Waals surface area (Å²) in [6.45, 7) is 5.69. The molecular weight excluding hydrogens is 280 g/mol. The zero-order valence-corrected chi connectivity index (χ0v) is 14.1. The van der Waals surface area contributed by atoms with E-state index in [1.165, 1.54) is 0 Å². The third kappa shape index (κ3) is 3.67. The number of aromatic nitrogens is 2. The Morgan fingerprint density at radius 2 is 2.32 bits per heavy atom. The van der Waals surface area contributed by atoms with Crippen LogP contribution in [0.3, 0.4) is 0 Å². The number of likely N-dealkylation sites (N-methyl/N-ethyl adjacent to an activating group) is 1. The van der Waals surface area contributed by atoms with Crippen LogP contribution in [0.4, 0.5) is 0 Å². The second kappa shape index (κ2) is 7.74. The van der Waals surface area contributed by atoms with Crippen LogP contribution in [0.15, 0.2) is 12.4 Å². The van der Waals surface area contributed by atoms with Crippen molar-refractivity contribution in [3.63, 3.8) is 0 Å². The van der Waals surface area contributed by atoms with E-state index in [1.807, 2.05) is 32.1 Å². The molecule has 2 heterocycles. The number of imidazole rings is 1. The van der Waals surface area contributed by atoms with Gasteiger partial charge in [-0.2, -0.15) is 0 Å². The fourth-order valence-electron chi connectivity index (χ4n) is 3.09. The number of nitrogens with one attached hydrogen (secondary N) is 1. The molecule has 1 saturated heterocycles. The van der Waals surface area contributed by atoms with Crippen LogP contribution >= 0.6 is 0 Å². The van der Waals surface area contributed by atoms with E-state index in [9.17, 15) is 4.79 Å². The van der Waals surface area contributed by atoms with Crippen molar-refractivity contribution in [3.05, 3.63) is 18.2 Å². The molecule has 0 spiro atoms. The lowest BCUT2D eigenvalue weighted by Crippen LogP contribution is -2.50. The normalized spacial score (nSPS) is 23.5. The average Bonchev–Trinajstić information content (AvgIpc) is 2.96. The van der Waals surface area contributed by atoms with Gasteiger partial charge in [0.1, 0.15) is 11.9 Å². The lowest BCUT2D eigenvalue weighted by atomic mass is 10.0. The molecule has 1 N–H and O–H groups in total. The third-order valence-corrected chi connectivity index (χ3v) is 4.31. The van der Waals surface area contributed by atoms with Gasteiger partial charge >= 0.3 is 0 Å². The van der Waals surface area contributed by atoms with Crippen LogP contribution in [0.2, 0.25) is 0 Å². The Kier molecular flexibility index (Phi) is 5.97. The predicted octanol–water partition coefficient (Wildman–Crippen LogP) is 1.58. The van der Waals surface area contributed by atoms with Crippen molar-refractivity contribution in [3.8, 4) is 0 Å². The SMILES string of the molecule is CCC(C(=O)N[C@H]1CCCO[C@@H]1c1nccn1CC)N(C)C. The molecule has 1 aliphatic heterocycles. The molecule has 22 heavy (non-hydrogen) atoms. The smallest absolute Gasteiger partial charge is 0.237 e. The Hall–Kier alpha value is -1.40. The van der Waals surface area contributed by atoms with Gasteiger partial charge in [0.15, 0.2) is 0 Å². The molecule has 0 saturated carbocycles. The van der Waals surface area contributed by atoms with Gasteiger partial charge in [0.05, 0.1) is 12.1 Å². The molecule has 6 heteroatoms. The molecular formula is C16H28N4O2. The molecule has 3 atom stereocenters. The monoisotopic (exact) mass is 308 g/mol. The fraction of sp³-hybridized carbons (Fsp3) is 0.750. The number of amides is 1. The number of hydrogen-bond acceptors (Lipinski definition) is 4. The van der Waals surface area contributed by atoms with Crippen molar-refractivity contribution >= 4 is 5.91 Å². The lowest BCUT2D eigenvalue weighted by Gasteiger charge is -2.34. The zero-order chi connectivity index (χ0) is 16.1. The minimum absolute atomic E-state index is 0.0112. The summed E-state index contributed by atoms with van der Waals surface area (Å²) >= 11 is 0. The number of carbonyl (C=O) groups is 1. The van der Waals surface area contributed by atoms with Crippen molar-refractivity contribution in [2.75, 3.05) is 20.7 Å². The van der Waals surface area contributed by atoms with E-state index < -0.39 is 0 Å². The van der Waals surface area contributed by atoms with Crippen molar-refractivity contribution < 1.29 is 9.53 Å². The van der Waals surface area contributed by atoms with Crippen LogP contribution < -0.4 is 5.32 Å². The van der Waals surface area contributed by atoms with Gasteiger partial charge in [-0.3, -0.25) is 9.69 Å². The maximum atomic E-state index is 12.5. The lowest BCUT2D eigenvalue weighted by molar-refractivity contribution is -0.129. The first-order valence-corrected chi connectivity index (χ1v) is 8.17. The highest BCUT2D eigenvalue weighted by molar-refractivity contribution is 5.82. The van der Waals surface area contributed by atoms with Crippen LogP contribution in [0.1, 0.15) is 45.0 Å². The number of carbonyl (C=O) groups excluding carboxylic acids is 1. The molecule has 0 aromatic carbocycles. The van der Waals surface area contributed by atoms with Gasteiger partial charge in [0, 0.05) is 25.5 Å². The quantitative estimate of drug-likeness (QED) is 0.867. The van der Waals surface area contributed by atoms with E-state index in [0.717, 1.165) is 38.2 Å². The largest absolute Gasteiger partial charge is 0.368 e. The molecule has 1 fully saturated rings. The molecule has 124 valence electrons. The third-order valence-electron chi connectivity index (χ3n) is 4.31. The van der Waals surface area contributed by atoms with E-state index in [2.05, 4.69) is 21.8 Å². The standard InChI is InChI=1S/C16H28N4O2/c1-5-13(19(3)4)16(21)18-12-8-7-11-22-14(12)15-17-9-10-20(15)6-2/h9-10,12-14H,5-8,11H2,1-4H3,(H,18,21)/t12-,13?,14-/m0/s1. The first kappa shape index (κ1) is 17.0. The van der Waals surface area contributed by atoms with E-state index in [1.54, 1.807) is 6.20 Å². The summed E-state index contributed by atoms with van der Waals surface area (Å²) in [6.07, 6.45) is 6.28. The van der Waals surface area contributed by atoms with Crippen molar-refractivity contribution in [2.24, 2.45) is 0 Å². The van der Waals surface area contributed by atoms with Gasteiger partial charge < -0.3 is 14.6 Å². The molecule has 2 rings (SSSR count).